The molecule has 1 heterocycles. The van der Waals surface area contributed by atoms with Gasteiger partial charge in [0.15, 0.2) is 0 Å². The van der Waals surface area contributed by atoms with Gasteiger partial charge in [0.25, 0.3) is 0 Å². The van der Waals surface area contributed by atoms with E-state index in [1.807, 2.05) is 24.3 Å². The summed E-state index contributed by atoms with van der Waals surface area (Å²) in [5.41, 5.74) is 6.88. The van der Waals surface area contributed by atoms with Crippen LogP contribution < -0.4 is 15.8 Å². The van der Waals surface area contributed by atoms with Crippen LogP contribution in [0, 0.1) is 5.41 Å². The highest BCUT2D eigenvalue weighted by atomic mass is 16.5. The number of carbonyl (C=O) groups excluding carboxylic acids is 1. The molecule has 1 atom stereocenters. The van der Waals surface area contributed by atoms with E-state index in [-0.39, 0.29) is 17.2 Å². The maximum absolute atomic E-state index is 12.2. The molecule has 1 fully saturated rings. The van der Waals surface area contributed by atoms with Crippen molar-refractivity contribution in [2.24, 2.45) is 11.1 Å². The average Bonchev–Trinajstić information content (AvgIpc) is 3.07. The molecular formula is C14H18N2O2. The average molecular weight is 246 g/mol. The molecular weight excluding hydrogens is 228 g/mol. The maximum atomic E-state index is 12.2. The molecule has 0 spiro atoms. The molecule has 1 aromatic carbocycles. The summed E-state index contributed by atoms with van der Waals surface area (Å²) in [6.07, 6.45) is 2.25. The van der Waals surface area contributed by atoms with Gasteiger partial charge in [-0.05, 0) is 30.9 Å². The summed E-state index contributed by atoms with van der Waals surface area (Å²) in [6, 6.07) is 7.73. The number of benzene rings is 1. The van der Waals surface area contributed by atoms with E-state index in [9.17, 15) is 4.79 Å². The quantitative estimate of drug-likeness (QED) is 0.833. The molecule has 3 N–H and O–H groups in total. The van der Waals surface area contributed by atoms with Crippen LogP contribution in [0.2, 0.25) is 0 Å². The minimum atomic E-state index is -0.172. The molecule has 1 aliphatic carbocycles. The number of nitrogens with two attached hydrogens (primary N) is 1. The number of hydrogen-bond acceptors (Lipinski definition) is 3. The third kappa shape index (κ3) is 1.97. The fourth-order valence-corrected chi connectivity index (χ4v) is 2.41. The van der Waals surface area contributed by atoms with Crippen LogP contribution in [0.15, 0.2) is 24.3 Å². The lowest BCUT2D eigenvalue weighted by Gasteiger charge is -2.15. The Morgan fingerprint density at radius 1 is 1.44 bits per heavy atom. The predicted octanol–water partition coefficient (Wildman–Crippen LogP) is 1.02. The Labute approximate surface area is 107 Å². The summed E-state index contributed by atoms with van der Waals surface area (Å²) in [5.74, 6) is 0.715. The van der Waals surface area contributed by atoms with E-state index in [2.05, 4.69) is 5.32 Å². The Morgan fingerprint density at radius 3 is 2.94 bits per heavy atom. The van der Waals surface area contributed by atoms with E-state index < -0.39 is 0 Å². The molecule has 4 heteroatoms. The first-order chi connectivity index (χ1) is 8.74. The fourth-order valence-electron chi connectivity index (χ4n) is 2.41. The molecule has 0 saturated heterocycles. The minimum Gasteiger partial charge on any atom is -0.492 e. The number of fused-ring (bicyclic) bond motifs is 1. The van der Waals surface area contributed by atoms with E-state index in [0.717, 1.165) is 24.2 Å². The predicted molar refractivity (Wildman–Crippen MR) is 68.4 cm³/mol. The van der Waals surface area contributed by atoms with Gasteiger partial charge in [-0.1, -0.05) is 18.2 Å². The van der Waals surface area contributed by atoms with Gasteiger partial charge in [-0.15, -0.1) is 0 Å². The van der Waals surface area contributed by atoms with Crippen molar-refractivity contribution in [1.82, 2.24) is 5.32 Å². The lowest BCUT2D eigenvalue weighted by Crippen LogP contribution is -2.37. The largest absolute Gasteiger partial charge is 0.492 e. The molecule has 96 valence electrons. The molecule has 18 heavy (non-hydrogen) atoms. The number of para-hydroxylation sites is 1. The van der Waals surface area contributed by atoms with Crippen LogP contribution in [-0.4, -0.2) is 25.6 Å². The number of ether oxygens (including phenoxy) is 1. The van der Waals surface area contributed by atoms with Crippen molar-refractivity contribution in [3.63, 3.8) is 0 Å². The zero-order valence-corrected chi connectivity index (χ0v) is 10.3. The molecule has 1 aliphatic heterocycles. The SMILES string of the molecule is NCC1(CNC(=O)C2COc3ccccc32)CC1. The Kier molecular flexibility index (Phi) is 2.74. The van der Waals surface area contributed by atoms with Crippen LogP contribution in [0.3, 0.4) is 0 Å². The van der Waals surface area contributed by atoms with Crippen LogP contribution >= 0.6 is 0 Å². The van der Waals surface area contributed by atoms with E-state index in [4.69, 9.17) is 10.5 Å². The molecule has 1 amide bonds. The van der Waals surface area contributed by atoms with Crippen molar-refractivity contribution in [3.05, 3.63) is 29.8 Å². The van der Waals surface area contributed by atoms with E-state index >= 15 is 0 Å². The first kappa shape index (κ1) is 11.5. The second-order valence-electron chi connectivity index (χ2n) is 5.32. The van der Waals surface area contributed by atoms with Crippen molar-refractivity contribution in [1.29, 1.82) is 0 Å². The molecule has 4 nitrogen and oxygen atoms in total. The molecule has 3 rings (SSSR count). The van der Waals surface area contributed by atoms with Gasteiger partial charge >= 0.3 is 0 Å². The Bertz CT molecular complexity index is 469. The standard InChI is InChI=1S/C14H18N2O2/c15-8-14(5-6-14)9-16-13(17)11-7-18-12-4-2-1-3-10(11)12/h1-4,11H,5-9,15H2,(H,16,17). The summed E-state index contributed by atoms with van der Waals surface area (Å²) < 4.78 is 5.52. The Hall–Kier alpha value is -1.55. The summed E-state index contributed by atoms with van der Waals surface area (Å²) in [7, 11) is 0. The maximum Gasteiger partial charge on any atom is 0.231 e. The molecule has 0 aromatic heterocycles. The fraction of sp³-hybridized carbons (Fsp3) is 0.500. The first-order valence-corrected chi connectivity index (χ1v) is 6.44. The van der Waals surface area contributed by atoms with Crippen molar-refractivity contribution < 1.29 is 9.53 Å². The topological polar surface area (TPSA) is 64.3 Å². The summed E-state index contributed by atoms with van der Waals surface area (Å²) in [5, 5.41) is 3.02. The lowest BCUT2D eigenvalue weighted by molar-refractivity contribution is -0.123. The highest BCUT2D eigenvalue weighted by molar-refractivity contribution is 5.85. The van der Waals surface area contributed by atoms with Gasteiger partial charge < -0.3 is 15.8 Å². The van der Waals surface area contributed by atoms with Gasteiger partial charge in [0.1, 0.15) is 18.3 Å². The number of hydrogen-bond donors (Lipinski definition) is 2. The smallest absolute Gasteiger partial charge is 0.231 e. The summed E-state index contributed by atoms with van der Waals surface area (Å²) in [6.45, 7) is 1.80. The molecule has 1 unspecified atom stereocenters. The van der Waals surface area contributed by atoms with Gasteiger partial charge in [-0.2, -0.15) is 0 Å². The second-order valence-corrected chi connectivity index (χ2v) is 5.32. The Balaban J connectivity index is 1.64. The van der Waals surface area contributed by atoms with E-state index in [0.29, 0.717) is 19.7 Å². The zero-order chi connectivity index (χ0) is 12.6. The van der Waals surface area contributed by atoms with Crippen LogP contribution in [0.5, 0.6) is 5.75 Å². The summed E-state index contributed by atoms with van der Waals surface area (Å²) >= 11 is 0. The van der Waals surface area contributed by atoms with Gasteiger partial charge in [0.05, 0.1) is 0 Å². The molecule has 0 radical (unpaired) electrons. The van der Waals surface area contributed by atoms with Crippen molar-refractivity contribution >= 4 is 5.91 Å². The van der Waals surface area contributed by atoms with Crippen molar-refractivity contribution in [3.8, 4) is 5.75 Å². The third-order valence-electron chi connectivity index (χ3n) is 4.04. The Morgan fingerprint density at radius 2 is 2.22 bits per heavy atom. The van der Waals surface area contributed by atoms with E-state index in [1.165, 1.54) is 0 Å². The summed E-state index contributed by atoms with van der Waals surface area (Å²) in [4.78, 5) is 12.2. The van der Waals surface area contributed by atoms with E-state index in [1.54, 1.807) is 0 Å². The first-order valence-electron chi connectivity index (χ1n) is 6.44. The van der Waals surface area contributed by atoms with Gasteiger partial charge in [0, 0.05) is 12.1 Å². The highest BCUT2D eigenvalue weighted by Gasteiger charge is 2.42. The second kappa shape index (κ2) is 4.28. The van der Waals surface area contributed by atoms with Crippen molar-refractivity contribution in [2.45, 2.75) is 18.8 Å². The molecule has 1 saturated carbocycles. The number of carbonyl (C=O) groups is 1. The minimum absolute atomic E-state index is 0.0553. The van der Waals surface area contributed by atoms with Crippen LogP contribution in [0.4, 0.5) is 0 Å². The third-order valence-corrected chi connectivity index (χ3v) is 4.04. The van der Waals surface area contributed by atoms with Crippen LogP contribution in [0.1, 0.15) is 24.3 Å². The molecule has 2 aliphatic rings. The van der Waals surface area contributed by atoms with Gasteiger partial charge in [0.2, 0.25) is 5.91 Å². The highest BCUT2D eigenvalue weighted by Crippen LogP contribution is 2.44. The molecule has 0 bridgehead atoms. The monoisotopic (exact) mass is 246 g/mol. The molecule has 1 aromatic rings. The van der Waals surface area contributed by atoms with Gasteiger partial charge in [-0.3, -0.25) is 4.79 Å². The normalized spacial score (nSPS) is 23.1. The van der Waals surface area contributed by atoms with Crippen molar-refractivity contribution in [2.75, 3.05) is 19.7 Å². The lowest BCUT2D eigenvalue weighted by atomic mass is 10.00. The van der Waals surface area contributed by atoms with Crippen LogP contribution in [0.25, 0.3) is 0 Å². The number of amides is 1. The number of nitrogens with one attached hydrogen (secondary N) is 1. The number of rotatable bonds is 4. The van der Waals surface area contributed by atoms with Gasteiger partial charge in [-0.25, -0.2) is 0 Å². The van der Waals surface area contributed by atoms with Crippen LogP contribution in [-0.2, 0) is 4.79 Å². The zero-order valence-electron chi connectivity index (χ0n) is 10.3.